The van der Waals surface area contributed by atoms with Gasteiger partial charge >= 0.3 is 0 Å². The van der Waals surface area contributed by atoms with Gasteiger partial charge in [-0.25, -0.2) is 0 Å². The molecule has 0 aromatic rings. The molecule has 366 valence electrons. The lowest BCUT2D eigenvalue weighted by Crippen LogP contribution is -2.57. The number of hydrogen-bond acceptors (Lipinski definition) is 6. The van der Waals surface area contributed by atoms with Gasteiger partial charge in [0.25, 0.3) is 0 Å². The van der Waals surface area contributed by atoms with Gasteiger partial charge in [-0.1, -0.05) is 159 Å². The Hall–Kier alpha value is -1.28. The van der Waals surface area contributed by atoms with Crippen LogP contribution < -0.4 is 0 Å². The zero-order valence-corrected chi connectivity index (χ0v) is 42.4. The third-order valence-electron chi connectivity index (χ3n) is 14.9. The van der Waals surface area contributed by atoms with Crippen LogP contribution in [0.15, 0.2) is 48.6 Å². The number of allylic oxidation sites excluding steroid dienone is 8. The summed E-state index contributed by atoms with van der Waals surface area (Å²) in [7, 11) is 4.43. The van der Waals surface area contributed by atoms with Crippen LogP contribution in [0.25, 0.3) is 0 Å². The summed E-state index contributed by atoms with van der Waals surface area (Å²) in [5, 5.41) is 9.87. The summed E-state index contributed by atoms with van der Waals surface area (Å²) in [6.07, 6.45) is 61.3. The van der Waals surface area contributed by atoms with E-state index in [0.717, 1.165) is 64.7 Å². The molecule has 0 radical (unpaired) electrons. The van der Waals surface area contributed by atoms with Gasteiger partial charge in [-0.05, 0) is 129 Å². The van der Waals surface area contributed by atoms with Crippen LogP contribution in [0.5, 0.6) is 0 Å². The van der Waals surface area contributed by atoms with E-state index in [1.54, 1.807) is 0 Å². The summed E-state index contributed by atoms with van der Waals surface area (Å²) in [6.45, 7) is 10.1. The monoisotopic (exact) mass is 881 g/mol. The third kappa shape index (κ3) is 23.8. The van der Waals surface area contributed by atoms with Crippen LogP contribution in [0.4, 0.5) is 0 Å². The van der Waals surface area contributed by atoms with E-state index in [4.69, 9.17) is 14.2 Å². The molecular weight excluding hydrogens is 777 g/mol. The first kappa shape index (κ1) is 56.0. The Morgan fingerprint density at radius 1 is 0.492 bits per heavy atom. The summed E-state index contributed by atoms with van der Waals surface area (Å²) >= 11 is 0. The Bertz CT molecular complexity index is 1140. The maximum Gasteiger partial charge on any atom is 0.169 e. The van der Waals surface area contributed by atoms with Gasteiger partial charge in [0.2, 0.25) is 0 Å². The summed E-state index contributed by atoms with van der Waals surface area (Å²) in [6, 6.07) is 0.700. The van der Waals surface area contributed by atoms with Crippen molar-refractivity contribution in [3.8, 4) is 0 Å². The highest BCUT2D eigenvalue weighted by molar-refractivity contribution is 5.03. The van der Waals surface area contributed by atoms with E-state index in [2.05, 4.69) is 93.3 Å². The minimum atomic E-state index is -0.407. The summed E-state index contributed by atoms with van der Waals surface area (Å²) in [5.74, 6) is -0.407. The van der Waals surface area contributed by atoms with E-state index < -0.39 is 5.79 Å². The minimum absolute atomic E-state index is 0.143. The fourth-order valence-electron chi connectivity index (χ4n) is 10.8. The quantitative estimate of drug-likeness (QED) is 0.0490. The zero-order chi connectivity index (χ0) is 45.1. The summed E-state index contributed by atoms with van der Waals surface area (Å²) in [4.78, 5) is 4.86. The number of rotatable bonds is 39. The van der Waals surface area contributed by atoms with Gasteiger partial charge in [-0.2, -0.15) is 0 Å². The predicted octanol–water partition coefficient (Wildman–Crippen LogP) is 15.2. The Morgan fingerprint density at radius 3 is 1.33 bits per heavy atom. The Kier molecular flexibility index (Phi) is 31.9. The summed E-state index contributed by atoms with van der Waals surface area (Å²) < 4.78 is 20.1. The van der Waals surface area contributed by atoms with Crippen molar-refractivity contribution in [2.45, 2.75) is 263 Å². The van der Waals surface area contributed by atoms with Crippen LogP contribution >= 0.6 is 0 Å². The molecule has 0 unspecified atom stereocenters. The number of fused-ring (bicyclic) bond motifs is 1. The van der Waals surface area contributed by atoms with Crippen molar-refractivity contribution in [2.75, 3.05) is 47.0 Å². The molecule has 1 saturated heterocycles. The number of hydrogen-bond donors (Lipinski definition) is 1. The smallest absolute Gasteiger partial charge is 0.169 e. The first-order valence-corrected chi connectivity index (χ1v) is 27.5. The van der Waals surface area contributed by atoms with E-state index in [-0.39, 0.29) is 18.8 Å². The Morgan fingerprint density at radius 2 is 0.905 bits per heavy atom. The topological polar surface area (TPSA) is 54.4 Å². The largest absolute Gasteiger partial charge is 0.395 e. The second-order valence-corrected chi connectivity index (χ2v) is 20.3. The molecule has 2 aliphatic carbocycles. The lowest BCUT2D eigenvalue weighted by atomic mass is 9.66. The van der Waals surface area contributed by atoms with Crippen LogP contribution in [0.2, 0.25) is 0 Å². The molecule has 3 rings (SSSR count). The minimum Gasteiger partial charge on any atom is -0.395 e. The van der Waals surface area contributed by atoms with Crippen molar-refractivity contribution < 1.29 is 19.3 Å². The van der Waals surface area contributed by atoms with Crippen molar-refractivity contribution in [1.82, 2.24) is 9.80 Å². The molecule has 3 aliphatic rings. The fraction of sp³-hybridized carbons (Fsp3) is 0.860. The van der Waals surface area contributed by atoms with Crippen molar-refractivity contribution >= 4 is 0 Å². The van der Waals surface area contributed by atoms with Crippen molar-refractivity contribution in [3.63, 3.8) is 0 Å². The highest BCUT2D eigenvalue weighted by Gasteiger charge is 2.55. The molecule has 1 heterocycles. The van der Waals surface area contributed by atoms with Crippen LogP contribution in [-0.4, -0.2) is 92.0 Å². The Labute approximate surface area is 391 Å². The molecule has 6 heteroatoms. The van der Waals surface area contributed by atoms with E-state index in [9.17, 15) is 5.11 Å². The molecule has 0 amide bonds. The number of likely N-dealkylation sites (N-methyl/N-ethyl adjacent to an activating group) is 2. The van der Waals surface area contributed by atoms with Gasteiger partial charge in [0, 0.05) is 44.6 Å². The number of aliphatic hydroxyl groups is 1. The SMILES string of the molecule is CCCCC/C=C/C/C=C/CCCCCCCCC1(CCCCCCCC/C=C/C/C=C/CCCCC)CCC2(CC1)O[C@H]1C[C@@H](N(C)CCO)[C@@H](N(C)CCOCCC)C[C@@H]1O2. The van der Waals surface area contributed by atoms with Gasteiger partial charge in [-0.15, -0.1) is 0 Å². The molecule has 1 spiro atoms. The molecule has 1 N–H and O–H groups in total. The van der Waals surface area contributed by atoms with Gasteiger partial charge in [0.1, 0.15) is 0 Å². The molecule has 6 nitrogen and oxygen atoms in total. The van der Waals surface area contributed by atoms with E-state index in [0.29, 0.717) is 24.0 Å². The fourth-order valence-corrected chi connectivity index (χ4v) is 10.8. The van der Waals surface area contributed by atoms with Crippen molar-refractivity contribution in [2.24, 2.45) is 5.41 Å². The number of aliphatic hydroxyl groups excluding tert-OH is 1. The second-order valence-electron chi connectivity index (χ2n) is 20.3. The lowest BCUT2D eigenvalue weighted by molar-refractivity contribution is -0.208. The Balaban J connectivity index is 1.45. The summed E-state index contributed by atoms with van der Waals surface area (Å²) in [5.41, 5.74) is 0.446. The number of ether oxygens (including phenoxy) is 3. The second kappa shape index (κ2) is 35.9. The number of nitrogens with zero attached hydrogens (tertiary/aromatic N) is 2. The normalized spacial score (nSPS) is 22.4. The molecule has 0 aromatic carbocycles. The first-order chi connectivity index (χ1) is 30.9. The van der Waals surface area contributed by atoms with Crippen LogP contribution in [0.1, 0.15) is 233 Å². The molecular formula is C57H104N2O4. The van der Waals surface area contributed by atoms with Crippen molar-refractivity contribution in [1.29, 1.82) is 0 Å². The van der Waals surface area contributed by atoms with Gasteiger partial charge in [0.15, 0.2) is 5.79 Å². The molecule has 3 fully saturated rings. The zero-order valence-electron chi connectivity index (χ0n) is 42.4. The predicted molar refractivity (Wildman–Crippen MR) is 272 cm³/mol. The lowest BCUT2D eigenvalue weighted by Gasteiger charge is -2.45. The van der Waals surface area contributed by atoms with Crippen molar-refractivity contribution in [3.05, 3.63) is 48.6 Å². The molecule has 2 saturated carbocycles. The molecule has 4 atom stereocenters. The first-order valence-electron chi connectivity index (χ1n) is 27.5. The van der Waals surface area contributed by atoms with Crippen LogP contribution in [0.3, 0.4) is 0 Å². The van der Waals surface area contributed by atoms with Gasteiger partial charge < -0.3 is 19.3 Å². The van der Waals surface area contributed by atoms with Crippen LogP contribution in [-0.2, 0) is 14.2 Å². The number of unbranched alkanes of at least 4 members (excludes halogenated alkanes) is 18. The van der Waals surface area contributed by atoms with E-state index in [1.807, 2.05) is 0 Å². The molecule has 0 aromatic heterocycles. The molecule has 1 aliphatic heterocycles. The molecule has 0 bridgehead atoms. The average Bonchev–Trinajstić information content (AvgIpc) is 3.65. The maximum absolute atomic E-state index is 9.87. The van der Waals surface area contributed by atoms with E-state index in [1.165, 1.54) is 167 Å². The van der Waals surface area contributed by atoms with Crippen LogP contribution in [0, 0.1) is 5.41 Å². The standard InChI is InChI=1S/C57H104N2O4/c1-6-9-11-13-15-17-19-21-23-25-27-29-31-33-35-37-39-56(40-38-36-34-32-30-28-26-24-22-20-18-16-14-12-10-7-2)41-43-57(44-42-56)62-54-50-52(58(4)45-47-60)53(51-55(54)63-57)59(5)46-49-61-48-8-3/h15-18,21-24,52-55,60H,6-14,19-20,25-51H2,1-5H3/b17-15+,18-16+,23-21+,24-22+/t52-,53+,54+,55+/m1/s1. The highest BCUT2D eigenvalue weighted by atomic mass is 16.8. The van der Waals surface area contributed by atoms with Gasteiger partial charge in [-0.3, -0.25) is 9.80 Å². The maximum atomic E-state index is 9.87. The molecule has 63 heavy (non-hydrogen) atoms. The van der Waals surface area contributed by atoms with E-state index >= 15 is 0 Å². The van der Waals surface area contributed by atoms with Gasteiger partial charge in [0.05, 0.1) is 25.4 Å². The average molecular weight is 881 g/mol. The third-order valence-corrected chi connectivity index (χ3v) is 14.9. The highest BCUT2D eigenvalue weighted by Crippen LogP contribution is 2.53.